The van der Waals surface area contributed by atoms with Crippen molar-refractivity contribution in [2.75, 3.05) is 19.6 Å². The van der Waals surface area contributed by atoms with E-state index in [4.69, 9.17) is 10.3 Å². The maximum atomic E-state index is 12.5. The third kappa shape index (κ3) is 4.06. The number of hydroxylamine groups is 2. The van der Waals surface area contributed by atoms with Crippen molar-refractivity contribution >= 4 is 38.2 Å². The number of urea groups is 1. The van der Waals surface area contributed by atoms with Crippen LogP contribution in [0.1, 0.15) is 26.2 Å². The van der Waals surface area contributed by atoms with Crippen LogP contribution in [0.4, 0.5) is 4.79 Å². The first kappa shape index (κ1) is 20.8. The Morgan fingerprint density at radius 1 is 1.21 bits per heavy atom. The van der Waals surface area contributed by atoms with Gasteiger partial charge in [0, 0.05) is 26.6 Å². The van der Waals surface area contributed by atoms with Crippen LogP contribution in [0.25, 0.3) is 0 Å². The Kier molecular flexibility index (Phi) is 5.28. The molecule has 3 fully saturated rings. The van der Waals surface area contributed by atoms with E-state index in [0.717, 1.165) is 4.90 Å². The van der Waals surface area contributed by atoms with Gasteiger partial charge in [-0.05, 0) is 19.3 Å². The van der Waals surface area contributed by atoms with Gasteiger partial charge >= 0.3 is 16.4 Å². The monoisotopic (exact) mass is 439 g/mol. The number of nitrogens with two attached hydrogens (primary N) is 1. The quantitative estimate of drug-likeness (QED) is 0.287. The Labute approximate surface area is 162 Å². The minimum atomic E-state index is -4.88. The molecule has 158 valence electrons. The van der Waals surface area contributed by atoms with Crippen LogP contribution in [0.2, 0.25) is 0 Å². The number of amides is 3. The summed E-state index contributed by atoms with van der Waals surface area (Å²) in [5.41, 5.74) is 5.89. The molecule has 3 aliphatic heterocycles. The first-order valence-corrected chi connectivity index (χ1v) is 11.4. The van der Waals surface area contributed by atoms with E-state index in [2.05, 4.69) is 8.68 Å². The lowest BCUT2D eigenvalue weighted by Gasteiger charge is -2.29. The van der Waals surface area contributed by atoms with E-state index in [-0.39, 0.29) is 44.1 Å². The smallest absolute Gasteiger partial charge is 0.385 e. The summed E-state index contributed by atoms with van der Waals surface area (Å²) in [6.45, 7) is 1.74. The summed E-state index contributed by atoms with van der Waals surface area (Å²) in [5.74, 6) is -0.517. The fourth-order valence-electron chi connectivity index (χ4n) is 3.68. The van der Waals surface area contributed by atoms with Crippen LogP contribution < -0.4 is 5.73 Å². The van der Waals surface area contributed by atoms with Crippen LogP contribution >= 0.6 is 0 Å². The van der Waals surface area contributed by atoms with Crippen molar-refractivity contribution in [3.05, 3.63) is 0 Å². The fourth-order valence-corrected chi connectivity index (χ4v) is 5.40. The number of hydrogen-bond acceptors (Lipinski definition) is 7. The van der Waals surface area contributed by atoms with E-state index in [0.29, 0.717) is 11.6 Å². The molecule has 0 unspecified atom stereocenters. The highest BCUT2D eigenvalue weighted by Crippen LogP contribution is 2.31. The van der Waals surface area contributed by atoms with Crippen molar-refractivity contribution in [2.24, 2.45) is 10.1 Å². The Bertz CT molecular complexity index is 917. The highest BCUT2D eigenvalue weighted by Gasteiger charge is 2.48. The Morgan fingerprint density at radius 2 is 1.89 bits per heavy atom. The molecular weight excluding hydrogens is 418 g/mol. The van der Waals surface area contributed by atoms with Gasteiger partial charge in [0.25, 0.3) is 10.0 Å². The summed E-state index contributed by atoms with van der Waals surface area (Å²) < 4.78 is 63.7. The van der Waals surface area contributed by atoms with Gasteiger partial charge in [-0.25, -0.2) is 13.2 Å². The van der Waals surface area contributed by atoms with Gasteiger partial charge in [0.15, 0.2) is 0 Å². The second-order valence-electron chi connectivity index (χ2n) is 6.92. The SMILES string of the molecule is CC(=O)N1CC[C@@H](S(=O)(=O)N=C(N)[C@@H]2CC[C@@H]3CN2C(=O)N3OS(=O)(=O)O)C1. The van der Waals surface area contributed by atoms with Crippen LogP contribution in [0.5, 0.6) is 0 Å². The van der Waals surface area contributed by atoms with Crippen molar-refractivity contribution < 1.29 is 35.3 Å². The van der Waals surface area contributed by atoms with E-state index >= 15 is 0 Å². The third-order valence-electron chi connectivity index (χ3n) is 5.08. The molecule has 0 aromatic rings. The molecule has 3 aliphatic rings. The predicted octanol–water partition coefficient (Wildman–Crippen LogP) is -1.70. The molecule has 3 rings (SSSR count). The van der Waals surface area contributed by atoms with Gasteiger partial charge < -0.3 is 15.5 Å². The van der Waals surface area contributed by atoms with Crippen molar-refractivity contribution in [2.45, 2.75) is 43.5 Å². The van der Waals surface area contributed by atoms with E-state index in [9.17, 15) is 26.4 Å². The largest absolute Gasteiger partial charge is 0.418 e. The lowest BCUT2D eigenvalue weighted by Crippen LogP contribution is -2.48. The molecule has 3 saturated heterocycles. The van der Waals surface area contributed by atoms with Gasteiger partial charge in [-0.1, -0.05) is 0 Å². The molecule has 3 heterocycles. The van der Waals surface area contributed by atoms with Crippen LogP contribution in [-0.2, 0) is 29.5 Å². The topological polar surface area (TPSA) is 180 Å². The number of nitrogens with zero attached hydrogens (tertiary/aromatic N) is 4. The fraction of sp³-hybridized carbons (Fsp3) is 0.769. The van der Waals surface area contributed by atoms with Crippen LogP contribution in [0.3, 0.4) is 0 Å². The zero-order valence-electron chi connectivity index (χ0n) is 15.0. The second-order valence-corrected chi connectivity index (χ2v) is 9.80. The molecule has 3 N–H and O–H groups in total. The minimum Gasteiger partial charge on any atom is -0.385 e. The molecule has 0 aromatic carbocycles. The average Bonchev–Trinajstić information content (AvgIpc) is 3.15. The average molecular weight is 439 g/mol. The molecule has 0 radical (unpaired) electrons. The lowest BCUT2D eigenvalue weighted by molar-refractivity contribution is -0.127. The van der Waals surface area contributed by atoms with Crippen molar-refractivity contribution in [1.82, 2.24) is 14.9 Å². The zero-order valence-corrected chi connectivity index (χ0v) is 16.6. The maximum absolute atomic E-state index is 12.5. The molecule has 3 atom stereocenters. The normalized spacial score (nSPS) is 28.9. The summed E-state index contributed by atoms with van der Waals surface area (Å²) in [6.07, 6.45) is 0.765. The van der Waals surface area contributed by atoms with Gasteiger partial charge in [0.1, 0.15) is 11.1 Å². The highest BCUT2D eigenvalue weighted by molar-refractivity contribution is 7.90. The van der Waals surface area contributed by atoms with Crippen LogP contribution in [0, 0.1) is 0 Å². The van der Waals surface area contributed by atoms with E-state index in [1.54, 1.807) is 0 Å². The summed E-state index contributed by atoms with van der Waals surface area (Å²) in [5, 5.41) is -0.335. The molecule has 0 spiro atoms. The van der Waals surface area contributed by atoms with Gasteiger partial charge in [0.2, 0.25) is 5.91 Å². The number of sulfonamides is 1. The number of carbonyl (C=O) groups is 2. The summed E-state index contributed by atoms with van der Waals surface area (Å²) in [7, 11) is -8.88. The molecule has 28 heavy (non-hydrogen) atoms. The highest BCUT2D eigenvalue weighted by atomic mass is 32.3. The number of fused-ring (bicyclic) bond motifs is 2. The molecule has 15 heteroatoms. The summed E-state index contributed by atoms with van der Waals surface area (Å²) in [4.78, 5) is 26.3. The standard InChI is InChI=1S/C13H21N5O8S2/c1-8(19)16-5-4-10(7-16)27(21,22)15-12(14)11-3-2-9-6-17(11)13(20)18(9)26-28(23,24)25/h9-11H,2-7H2,1H3,(H2,14,15)(H,23,24,25)/t9-,10-,11+/m1/s1. The Morgan fingerprint density at radius 3 is 2.46 bits per heavy atom. The van der Waals surface area contributed by atoms with Gasteiger partial charge in [-0.2, -0.15) is 13.5 Å². The van der Waals surface area contributed by atoms with Crippen molar-refractivity contribution in [3.8, 4) is 0 Å². The maximum Gasteiger partial charge on any atom is 0.418 e. The lowest BCUT2D eigenvalue weighted by atomic mass is 10.0. The Hall–Kier alpha value is -1.97. The third-order valence-corrected chi connectivity index (χ3v) is 7.12. The predicted molar refractivity (Wildman–Crippen MR) is 94.6 cm³/mol. The van der Waals surface area contributed by atoms with Gasteiger partial charge in [0.05, 0.1) is 12.1 Å². The number of hydrogen-bond donors (Lipinski definition) is 2. The number of rotatable bonds is 5. The van der Waals surface area contributed by atoms with Crippen molar-refractivity contribution in [1.29, 1.82) is 0 Å². The van der Waals surface area contributed by atoms with Crippen LogP contribution in [0.15, 0.2) is 4.40 Å². The van der Waals surface area contributed by atoms with E-state index in [1.807, 2.05) is 0 Å². The molecular formula is C13H21N5O8S2. The van der Waals surface area contributed by atoms with E-state index in [1.165, 1.54) is 11.8 Å². The number of amidine groups is 1. The molecule has 0 aliphatic carbocycles. The summed E-state index contributed by atoms with van der Waals surface area (Å²) in [6, 6.07) is -2.32. The van der Waals surface area contributed by atoms with Gasteiger partial charge in [-0.15, -0.1) is 8.68 Å². The van der Waals surface area contributed by atoms with E-state index < -0.39 is 43.8 Å². The minimum absolute atomic E-state index is 0.0276. The van der Waals surface area contributed by atoms with Crippen molar-refractivity contribution in [3.63, 3.8) is 0 Å². The zero-order chi connectivity index (χ0) is 20.9. The molecule has 3 amide bonds. The number of likely N-dealkylation sites (tertiary alicyclic amines) is 1. The Balaban J connectivity index is 1.75. The number of piperidine rings is 1. The molecule has 2 bridgehead atoms. The first-order valence-electron chi connectivity index (χ1n) is 8.50. The second kappa shape index (κ2) is 7.13. The van der Waals surface area contributed by atoms with Crippen LogP contribution in [-0.4, -0.2) is 91.0 Å². The van der Waals surface area contributed by atoms with Gasteiger partial charge in [-0.3, -0.25) is 9.35 Å². The molecule has 0 saturated carbocycles. The first-order chi connectivity index (χ1) is 12.9. The number of carbonyl (C=O) groups excluding carboxylic acids is 2. The molecule has 0 aromatic heterocycles. The molecule has 13 nitrogen and oxygen atoms in total. The summed E-state index contributed by atoms with van der Waals surface area (Å²) >= 11 is 0.